The summed E-state index contributed by atoms with van der Waals surface area (Å²) in [7, 11) is -3.68. The number of oxazole rings is 1. The number of aromatic nitrogens is 1. The second-order valence-electron chi connectivity index (χ2n) is 7.67. The van der Waals surface area contributed by atoms with E-state index in [2.05, 4.69) is 5.32 Å². The fourth-order valence-corrected chi connectivity index (χ4v) is 5.19. The summed E-state index contributed by atoms with van der Waals surface area (Å²) in [6.07, 6.45) is 2.61. The van der Waals surface area contributed by atoms with Gasteiger partial charge >= 0.3 is 5.76 Å². The Kier molecular flexibility index (Phi) is 6.48. The standard InChI is InChI=1S/C20H29N3O5S/c1-4-14(3)21-19(24)12-15-8-10-22(11-9-15)29(26,27)16-6-7-17-18(13-16)28-20(25)23(17)5-2/h6-7,13-15H,4-5,8-12H2,1-3H3,(H,21,24). The molecular formula is C20H29N3O5S. The predicted molar refractivity (Wildman–Crippen MR) is 110 cm³/mol. The Morgan fingerprint density at radius 1 is 1.28 bits per heavy atom. The van der Waals surface area contributed by atoms with E-state index in [1.807, 2.05) is 20.8 Å². The maximum absolute atomic E-state index is 13.0. The SMILES string of the molecule is CCC(C)NC(=O)CC1CCN(S(=O)(=O)c2ccc3c(c2)oc(=O)n3CC)CC1. The highest BCUT2D eigenvalue weighted by atomic mass is 32.2. The van der Waals surface area contributed by atoms with Crippen LogP contribution in [-0.4, -0.2) is 42.3 Å². The molecule has 1 saturated heterocycles. The molecule has 0 bridgehead atoms. The van der Waals surface area contributed by atoms with Gasteiger partial charge in [0, 0.05) is 38.2 Å². The van der Waals surface area contributed by atoms with E-state index in [0.29, 0.717) is 44.4 Å². The average molecular weight is 424 g/mol. The molecule has 1 unspecified atom stereocenters. The number of hydrogen-bond acceptors (Lipinski definition) is 5. The third-order valence-corrected chi connectivity index (χ3v) is 7.56. The molecule has 8 nitrogen and oxygen atoms in total. The third kappa shape index (κ3) is 4.56. The zero-order valence-corrected chi connectivity index (χ0v) is 18.0. The van der Waals surface area contributed by atoms with Crippen LogP contribution in [0.1, 0.15) is 46.5 Å². The maximum atomic E-state index is 13.0. The third-order valence-electron chi connectivity index (χ3n) is 5.66. The van der Waals surface area contributed by atoms with Gasteiger partial charge in [0.25, 0.3) is 0 Å². The number of hydrogen-bond donors (Lipinski definition) is 1. The monoisotopic (exact) mass is 423 g/mol. The minimum Gasteiger partial charge on any atom is -0.408 e. The number of rotatable bonds is 7. The van der Waals surface area contributed by atoms with Gasteiger partial charge in [-0.2, -0.15) is 4.31 Å². The van der Waals surface area contributed by atoms with Crippen LogP contribution in [0.15, 0.2) is 32.3 Å². The van der Waals surface area contributed by atoms with Gasteiger partial charge in [-0.05, 0) is 51.2 Å². The molecule has 1 aliphatic rings. The molecule has 1 aliphatic heterocycles. The van der Waals surface area contributed by atoms with Crippen LogP contribution in [-0.2, 0) is 21.4 Å². The molecule has 1 aromatic heterocycles. The van der Waals surface area contributed by atoms with E-state index in [9.17, 15) is 18.0 Å². The summed E-state index contributed by atoms with van der Waals surface area (Å²) >= 11 is 0. The summed E-state index contributed by atoms with van der Waals surface area (Å²) in [5.74, 6) is -0.278. The summed E-state index contributed by atoms with van der Waals surface area (Å²) in [6, 6.07) is 4.71. The molecule has 1 aromatic carbocycles. The number of carbonyl (C=O) groups is 1. The lowest BCUT2D eigenvalue weighted by atomic mass is 9.94. The lowest BCUT2D eigenvalue weighted by Crippen LogP contribution is -2.40. The van der Waals surface area contributed by atoms with Crippen molar-refractivity contribution in [2.75, 3.05) is 13.1 Å². The molecule has 3 rings (SSSR count). The van der Waals surface area contributed by atoms with Gasteiger partial charge in [0.05, 0.1) is 10.4 Å². The van der Waals surface area contributed by atoms with Crippen molar-refractivity contribution in [3.63, 3.8) is 0 Å². The van der Waals surface area contributed by atoms with Crippen LogP contribution in [0.5, 0.6) is 0 Å². The molecule has 160 valence electrons. The van der Waals surface area contributed by atoms with Crippen molar-refractivity contribution in [3.8, 4) is 0 Å². The van der Waals surface area contributed by atoms with Crippen molar-refractivity contribution in [3.05, 3.63) is 28.7 Å². The molecule has 1 N–H and O–H groups in total. The van der Waals surface area contributed by atoms with Crippen molar-refractivity contribution in [2.24, 2.45) is 5.92 Å². The number of aryl methyl sites for hydroxylation is 1. The van der Waals surface area contributed by atoms with E-state index in [4.69, 9.17) is 4.42 Å². The first kappa shape index (κ1) is 21.6. The molecular weight excluding hydrogens is 394 g/mol. The molecule has 1 amide bonds. The normalized spacial score (nSPS) is 17.5. The van der Waals surface area contributed by atoms with Gasteiger partial charge in [-0.15, -0.1) is 0 Å². The molecule has 9 heteroatoms. The number of amides is 1. The van der Waals surface area contributed by atoms with E-state index >= 15 is 0 Å². The zero-order valence-electron chi connectivity index (χ0n) is 17.2. The number of nitrogens with one attached hydrogen (secondary N) is 1. The quantitative estimate of drug-likeness (QED) is 0.736. The molecule has 0 saturated carbocycles. The summed E-state index contributed by atoms with van der Waals surface area (Å²) < 4.78 is 34.2. The van der Waals surface area contributed by atoms with E-state index in [0.717, 1.165) is 6.42 Å². The van der Waals surface area contributed by atoms with Crippen molar-refractivity contribution < 1.29 is 17.6 Å². The van der Waals surface area contributed by atoms with E-state index < -0.39 is 15.8 Å². The van der Waals surface area contributed by atoms with E-state index in [1.54, 1.807) is 6.07 Å². The van der Waals surface area contributed by atoms with Gasteiger partial charge in [0.1, 0.15) is 0 Å². The van der Waals surface area contributed by atoms with Gasteiger partial charge in [-0.1, -0.05) is 6.92 Å². The van der Waals surface area contributed by atoms with Crippen molar-refractivity contribution in [1.29, 1.82) is 0 Å². The maximum Gasteiger partial charge on any atom is 0.419 e. The fraction of sp³-hybridized carbons (Fsp3) is 0.600. The predicted octanol–water partition coefficient (Wildman–Crippen LogP) is 2.32. The summed E-state index contributed by atoms with van der Waals surface area (Å²) in [5, 5.41) is 2.96. The molecule has 0 spiro atoms. The molecule has 1 fully saturated rings. The van der Waals surface area contributed by atoms with E-state index in [1.165, 1.54) is 21.0 Å². The van der Waals surface area contributed by atoms with Gasteiger partial charge in [0.15, 0.2) is 5.58 Å². The van der Waals surface area contributed by atoms with Crippen molar-refractivity contribution in [1.82, 2.24) is 14.2 Å². The Balaban J connectivity index is 1.68. The van der Waals surface area contributed by atoms with Crippen LogP contribution in [0, 0.1) is 5.92 Å². The second-order valence-corrected chi connectivity index (χ2v) is 9.61. The number of fused-ring (bicyclic) bond motifs is 1. The van der Waals surface area contributed by atoms with Gasteiger partial charge < -0.3 is 9.73 Å². The first-order valence-corrected chi connectivity index (χ1v) is 11.6. The van der Waals surface area contributed by atoms with E-state index in [-0.39, 0.29) is 28.3 Å². The molecule has 2 heterocycles. The van der Waals surface area contributed by atoms with Gasteiger partial charge in [-0.3, -0.25) is 9.36 Å². The molecule has 2 aromatic rings. The van der Waals surface area contributed by atoms with Crippen molar-refractivity contribution in [2.45, 2.75) is 63.9 Å². The minimum absolute atomic E-state index is 0.0292. The van der Waals surface area contributed by atoms with Gasteiger partial charge in [-0.25, -0.2) is 13.2 Å². The number of carbonyl (C=O) groups excluding carboxylic acids is 1. The highest BCUT2D eigenvalue weighted by Crippen LogP contribution is 2.27. The lowest BCUT2D eigenvalue weighted by Gasteiger charge is -2.31. The second kappa shape index (κ2) is 8.71. The highest BCUT2D eigenvalue weighted by Gasteiger charge is 2.30. The Morgan fingerprint density at radius 2 is 1.97 bits per heavy atom. The lowest BCUT2D eigenvalue weighted by molar-refractivity contribution is -0.122. The molecule has 29 heavy (non-hydrogen) atoms. The van der Waals surface area contributed by atoms with Crippen LogP contribution in [0.4, 0.5) is 0 Å². The van der Waals surface area contributed by atoms with Crippen LogP contribution in [0.2, 0.25) is 0 Å². The first-order chi connectivity index (χ1) is 13.8. The largest absolute Gasteiger partial charge is 0.419 e. The first-order valence-electron chi connectivity index (χ1n) is 10.2. The number of nitrogens with zero attached hydrogens (tertiary/aromatic N) is 2. The molecule has 1 atom stereocenters. The summed E-state index contributed by atoms with van der Waals surface area (Å²) in [6.45, 7) is 7.03. The summed E-state index contributed by atoms with van der Waals surface area (Å²) in [5.41, 5.74) is 0.858. The van der Waals surface area contributed by atoms with Crippen LogP contribution in [0.25, 0.3) is 11.1 Å². The highest BCUT2D eigenvalue weighted by molar-refractivity contribution is 7.89. The Morgan fingerprint density at radius 3 is 2.59 bits per heavy atom. The minimum atomic E-state index is -3.68. The summed E-state index contributed by atoms with van der Waals surface area (Å²) in [4.78, 5) is 24.0. The zero-order chi connectivity index (χ0) is 21.2. The number of benzene rings is 1. The van der Waals surface area contributed by atoms with Crippen molar-refractivity contribution >= 4 is 27.0 Å². The van der Waals surface area contributed by atoms with Crippen LogP contribution < -0.4 is 11.1 Å². The van der Waals surface area contributed by atoms with Crippen LogP contribution in [0.3, 0.4) is 0 Å². The van der Waals surface area contributed by atoms with Gasteiger partial charge in [0.2, 0.25) is 15.9 Å². The smallest absolute Gasteiger partial charge is 0.408 e. The number of piperidine rings is 1. The molecule has 0 radical (unpaired) electrons. The Bertz CT molecular complexity index is 1030. The Labute approximate surface area is 170 Å². The Hall–Kier alpha value is -2.13. The number of sulfonamides is 1. The van der Waals surface area contributed by atoms with Crippen LogP contribution >= 0.6 is 0 Å². The average Bonchev–Trinajstić information content (AvgIpc) is 3.02. The fourth-order valence-electron chi connectivity index (χ4n) is 3.71. The molecule has 0 aliphatic carbocycles. The topological polar surface area (TPSA) is 102 Å².